The van der Waals surface area contributed by atoms with Crippen molar-refractivity contribution in [2.75, 3.05) is 4.90 Å². The minimum Gasteiger partial charge on any atom is -0.507 e. The summed E-state index contributed by atoms with van der Waals surface area (Å²) < 4.78 is 14.9. The molecule has 2 heterocycles. The van der Waals surface area contributed by atoms with E-state index in [9.17, 15) is 19.1 Å². The molecule has 0 spiro atoms. The van der Waals surface area contributed by atoms with E-state index in [1.54, 1.807) is 48.5 Å². The number of aromatic amines is 1. The number of aliphatic hydroxyl groups is 1. The molecular formula is C24H15ClFN3O3. The number of amides is 1. The van der Waals surface area contributed by atoms with Crippen LogP contribution in [0, 0.1) is 5.82 Å². The van der Waals surface area contributed by atoms with Gasteiger partial charge in [-0.2, -0.15) is 0 Å². The van der Waals surface area contributed by atoms with E-state index in [4.69, 9.17) is 11.6 Å². The topological polar surface area (TPSA) is 86.3 Å². The van der Waals surface area contributed by atoms with Gasteiger partial charge in [-0.25, -0.2) is 9.37 Å². The number of nitrogens with one attached hydrogen (secondary N) is 1. The highest BCUT2D eigenvalue weighted by Crippen LogP contribution is 2.42. The van der Waals surface area contributed by atoms with Gasteiger partial charge in [0.2, 0.25) is 5.95 Å². The molecule has 1 amide bonds. The number of aromatic nitrogens is 2. The summed E-state index contributed by atoms with van der Waals surface area (Å²) in [4.78, 5) is 34.7. The Morgan fingerprint density at radius 2 is 1.78 bits per heavy atom. The van der Waals surface area contributed by atoms with E-state index in [1.165, 1.54) is 24.3 Å². The van der Waals surface area contributed by atoms with Crippen molar-refractivity contribution in [1.82, 2.24) is 9.97 Å². The Kier molecular flexibility index (Phi) is 4.75. The molecule has 5 rings (SSSR count). The summed E-state index contributed by atoms with van der Waals surface area (Å²) >= 11 is 6.04. The van der Waals surface area contributed by atoms with Gasteiger partial charge in [0.1, 0.15) is 17.6 Å². The van der Waals surface area contributed by atoms with Gasteiger partial charge >= 0.3 is 5.91 Å². The van der Waals surface area contributed by atoms with Crippen molar-refractivity contribution in [3.8, 4) is 0 Å². The molecule has 1 fully saturated rings. The largest absolute Gasteiger partial charge is 0.507 e. The van der Waals surface area contributed by atoms with Crippen LogP contribution in [0.3, 0.4) is 0 Å². The van der Waals surface area contributed by atoms with Crippen LogP contribution in [-0.4, -0.2) is 26.8 Å². The van der Waals surface area contributed by atoms with Crippen LogP contribution in [0.2, 0.25) is 5.02 Å². The van der Waals surface area contributed by atoms with E-state index in [2.05, 4.69) is 9.97 Å². The standard InChI is InChI=1S/C24H15ClFN3O3/c25-14-7-5-6-13(12-14)21(30)19-20(15-8-1-2-9-16(15)26)29(23(32)22(19)31)24-27-17-10-3-4-11-18(17)28-24/h1-12,20,30H,(H,27,28)/b21-19+. The summed E-state index contributed by atoms with van der Waals surface area (Å²) in [7, 11) is 0. The van der Waals surface area contributed by atoms with E-state index in [0.717, 1.165) is 4.90 Å². The zero-order valence-corrected chi connectivity index (χ0v) is 17.2. The molecule has 1 unspecified atom stereocenters. The molecule has 32 heavy (non-hydrogen) atoms. The second-order valence-electron chi connectivity index (χ2n) is 7.28. The fraction of sp³-hybridized carbons (Fsp3) is 0.0417. The number of fused-ring (bicyclic) bond motifs is 1. The monoisotopic (exact) mass is 447 g/mol. The number of aliphatic hydroxyl groups excluding tert-OH is 1. The highest BCUT2D eigenvalue weighted by atomic mass is 35.5. The summed E-state index contributed by atoms with van der Waals surface area (Å²) in [5.41, 5.74) is 1.26. The second kappa shape index (κ2) is 7.62. The molecule has 1 saturated heterocycles. The molecule has 2 N–H and O–H groups in total. The molecule has 158 valence electrons. The van der Waals surface area contributed by atoms with Crippen LogP contribution in [0.4, 0.5) is 10.3 Å². The number of H-pyrrole nitrogens is 1. The van der Waals surface area contributed by atoms with Crippen molar-refractivity contribution in [2.24, 2.45) is 0 Å². The molecule has 4 aromatic rings. The fourth-order valence-electron chi connectivity index (χ4n) is 3.89. The smallest absolute Gasteiger partial charge is 0.302 e. The number of benzene rings is 3. The second-order valence-corrected chi connectivity index (χ2v) is 7.71. The maximum atomic E-state index is 14.9. The molecule has 3 aromatic carbocycles. The number of nitrogens with zero attached hydrogens (tertiary/aromatic N) is 2. The minimum atomic E-state index is -1.23. The number of para-hydroxylation sites is 2. The first kappa shape index (κ1) is 20.0. The summed E-state index contributed by atoms with van der Waals surface area (Å²) in [5.74, 6) is -2.88. The molecule has 1 atom stereocenters. The first-order valence-corrected chi connectivity index (χ1v) is 10.1. The Balaban J connectivity index is 1.77. The van der Waals surface area contributed by atoms with Crippen molar-refractivity contribution in [3.05, 3.63) is 100 Å². The Labute approximate surface area is 186 Å². The van der Waals surface area contributed by atoms with Crippen LogP contribution in [-0.2, 0) is 9.59 Å². The van der Waals surface area contributed by atoms with Gasteiger partial charge in [0.25, 0.3) is 5.78 Å². The molecule has 0 radical (unpaired) electrons. The number of hydrogen-bond donors (Lipinski definition) is 2. The summed E-state index contributed by atoms with van der Waals surface area (Å²) in [6.07, 6.45) is 0. The fourth-order valence-corrected chi connectivity index (χ4v) is 4.08. The van der Waals surface area contributed by atoms with Crippen molar-refractivity contribution < 1.29 is 19.1 Å². The van der Waals surface area contributed by atoms with Gasteiger partial charge < -0.3 is 10.1 Å². The average molecular weight is 448 g/mol. The van der Waals surface area contributed by atoms with Gasteiger partial charge in [-0.1, -0.05) is 54.1 Å². The van der Waals surface area contributed by atoms with E-state index < -0.39 is 29.3 Å². The molecule has 8 heteroatoms. The van der Waals surface area contributed by atoms with Crippen molar-refractivity contribution in [2.45, 2.75) is 6.04 Å². The molecule has 1 aliphatic heterocycles. The van der Waals surface area contributed by atoms with Crippen LogP contribution in [0.15, 0.2) is 78.4 Å². The first-order valence-electron chi connectivity index (χ1n) is 9.72. The Bertz CT molecular complexity index is 1400. The number of anilines is 1. The van der Waals surface area contributed by atoms with Crippen molar-refractivity contribution >= 4 is 46.0 Å². The third kappa shape index (κ3) is 3.14. The van der Waals surface area contributed by atoms with Crippen molar-refractivity contribution in [3.63, 3.8) is 0 Å². The van der Waals surface area contributed by atoms with Crippen LogP contribution in [0.25, 0.3) is 16.8 Å². The van der Waals surface area contributed by atoms with Crippen LogP contribution < -0.4 is 4.90 Å². The van der Waals surface area contributed by atoms with Crippen molar-refractivity contribution in [1.29, 1.82) is 0 Å². The maximum absolute atomic E-state index is 14.9. The lowest BCUT2D eigenvalue weighted by atomic mass is 9.95. The predicted molar refractivity (Wildman–Crippen MR) is 119 cm³/mol. The minimum absolute atomic E-state index is 0.0516. The van der Waals surface area contributed by atoms with Gasteiger partial charge in [0.15, 0.2) is 0 Å². The van der Waals surface area contributed by atoms with Gasteiger partial charge in [-0.15, -0.1) is 0 Å². The first-order chi connectivity index (χ1) is 15.5. The summed E-state index contributed by atoms with van der Waals surface area (Å²) in [6.45, 7) is 0. The highest BCUT2D eigenvalue weighted by molar-refractivity contribution is 6.51. The van der Waals surface area contributed by atoms with E-state index in [0.29, 0.717) is 16.1 Å². The molecular weight excluding hydrogens is 433 g/mol. The summed E-state index contributed by atoms with van der Waals surface area (Å²) in [5, 5.41) is 11.4. The molecule has 1 aromatic heterocycles. The number of hydrogen-bond acceptors (Lipinski definition) is 4. The quantitative estimate of drug-likeness (QED) is 0.263. The number of carbonyl (C=O) groups is 2. The Morgan fingerprint density at radius 3 is 2.53 bits per heavy atom. The van der Waals surface area contributed by atoms with E-state index >= 15 is 0 Å². The number of ketones is 1. The Morgan fingerprint density at radius 1 is 1.03 bits per heavy atom. The zero-order valence-electron chi connectivity index (χ0n) is 16.4. The molecule has 0 aliphatic carbocycles. The third-order valence-electron chi connectivity index (χ3n) is 5.35. The lowest BCUT2D eigenvalue weighted by molar-refractivity contribution is -0.132. The lowest BCUT2D eigenvalue weighted by Crippen LogP contribution is -2.30. The van der Waals surface area contributed by atoms with Gasteiger partial charge in [0.05, 0.1) is 16.6 Å². The normalized spacial score (nSPS) is 17.9. The number of carbonyl (C=O) groups excluding carboxylic acids is 2. The average Bonchev–Trinajstić information content (AvgIpc) is 3.32. The Hall–Kier alpha value is -3.97. The number of Topliss-reactive ketones (excluding diaryl/α,β-unsaturated/α-hetero) is 1. The van der Waals surface area contributed by atoms with Gasteiger partial charge in [-0.3, -0.25) is 14.5 Å². The highest BCUT2D eigenvalue weighted by Gasteiger charge is 2.49. The molecule has 1 aliphatic rings. The third-order valence-corrected chi connectivity index (χ3v) is 5.58. The van der Waals surface area contributed by atoms with Crippen LogP contribution in [0.1, 0.15) is 17.2 Å². The summed E-state index contributed by atoms with van der Waals surface area (Å²) in [6, 6.07) is 17.9. The predicted octanol–water partition coefficient (Wildman–Crippen LogP) is 4.98. The van der Waals surface area contributed by atoms with E-state index in [1.807, 2.05) is 0 Å². The maximum Gasteiger partial charge on any atom is 0.302 e. The molecule has 6 nitrogen and oxygen atoms in total. The lowest BCUT2D eigenvalue weighted by Gasteiger charge is -2.23. The zero-order chi connectivity index (χ0) is 22.4. The number of imidazole rings is 1. The van der Waals surface area contributed by atoms with Gasteiger partial charge in [-0.05, 0) is 30.3 Å². The number of halogens is 2. The molecule has 0 saturated carbocycles. The van der Waals surface area contributed by atoms with Crippen LogP contribution >= 0.6 is 11.6 Å². The SMILES string of the molecule is O=C1C(=O)N(c2nc3ccccc3[nH]2)C(c2ccccc2F)/C1=C(\O)c1cccc(Cl)c1. The molecule has 0 bridgehead atoms. The number of rotatable bonds is 3. The van der Waals surface area contributed by atoms with Gasteiger partial charge in [0, 0.05) is 16.1 Å². The van der Waals surface area contributed by atoms with Crippen LogP contribution in [0.5, 0.6) is 0 Å². The van der Waals surface area contributed by atoms with E-state index in [-0.39, 0.29) is 22.6 Å².